The summed E-state index contributed by atoms with van der Waals surface area (Å²) in [5.74, 6) is 0. The van der Waals surface area contributed by atoms with Crippen LogP contribution >= 0.6 is 0 Å². The molecule has 2 nitrogen and oxygen atoms in total. The molecule has 8 heteroatoms. The number of alkyl halides is 6. The SMILES string of the molecule is FC(F)(F)c1cc(Cc2cnc[nH]2)cc(C(F)(F)F)c1. The van der Waals surface area contributed by atoms with Gasteiger partial charge in [0.2, 0.25) is 0 Å². The minimum absolute atomic E-state index is 0.0867. The Hall–Kier alpha value is -1.99. The summed E-state index contributed by atoms with van der Waals surface area (Å²) < 4.78 is 75.8. The van der Waals surface area contributed by atoms with Crippen LogP contribution in [-0.2, 0) is 18.8 Å². The van der Waals surface area contributed by atoms with Gasteiger partial charge in [-0.15, -0.1) is 0 Å². The molecular weight excluding hydrogens is 286 g/mol. The highest BCUT2D eigenvalue weighted by Crippen LogP contribution is 2.36. The van der Waals surface area contributed by atoms with Gasteiger partial charge in [-0.05, 0) is 23.8 Å². The number of aromatic nitrogens is 2. The van der Waals surface area contributed by atoms with Crippen molar-refractivity contribution in [2.24, 2.45) is 0 Å². The molecule has 0 spiro atoms. The van der Waals surface area contributed by atoms with Gasteiger partial charge in [0.25, 0.3) is 0 Å². The Morgan fingerprint density at radius 3 is 1.85 bits per heavy atom. The molecule has 0 saturated carbocycles. The lowest BCUT2D eigenvalue weighted by Crippen LogP contribution is -2.12. The number of nitrogens with zero attached hydrogens (tertiary/aromatic N) is 1. The second-order valence-electron chi connectivity index (χ2n) is 4.17. The van der Waals surface area contributed by atoms with E-state index in [1.54, 1.807) is 0 Å². The number of halogens is 6. The van der Waals surface area contributed by atoms with Gasteiger partial charge in [-0.25, -0.2) is 4.98 Å². The number of rotatable bonds is 2. The summed E-state index contributed by atoms with van der Waals surface area (Å²) in [7, 11) is 0. The van der Waals surface area contributed by atoms with Crippen LogP contribution in [-0.4, -0.2) is 9.97 Å². The van der Waals surface area contributed by atoms with Crippen molar-refractivity contribution in [2.45, 2.75) is 18.8 Å². The number of aromatic amines is 1. The topological polar surface area (TPSA) is 28.7 Å². The molecule has 0 fully saturated rings. The monoisotopic (exact) mass is 294 g/mol. The Balaban J connectivity index is 2.46. The quantitative estimate of drug-likeness (QED) is 0.832. The highest BCUT2D eigenvalue weighted by molar-refractivity contribution is 5.35. The number of hydrogen-bond acceptors (Lipinski definition) is 1. The van der Waals surface area contributed by atoms with Gasteiger partial charge >= 0.3 is 12.4 Å². The van der Waals surface area contributed by atoms with Crippen molar-refractivity contribution in [1.29, 1.82) is 0 Å². The summed E-state index contributed by atoms with van der Waals surface area (Å²) in [5.41, 5.74) is -2.29. The van der Waals surface area contributed by atoms with E-state index in [-0.39, 0.29) is 18.1 Å². The zero-order valence-corrected chi connectivity index (χ0v) is 9.81. The summed E-state index contributed by atoms with van der Waals surface area (Å²) in [6, 6.07) is 1.52. The molecule has 2 rings (SSSR count). The maximum atomic E-state index is 12.6. The van der Waals surface area contributed by atoms with E-state index in [2.05, 4.69) is 9.97 Å². The fraction of sp³-hybridized carbons (Fsp3) is 0.250. The van der Waals surface area contributed by atoms with E-state index in [4.69, 9.17) is 0 Å². The molecule has 0 aliphatic carbocycles. The Labute approximate surface area is 109 Å². The van der Waals surface area contributed by atoms with E-state index in [1.165, 1.54) is 12.5 Å². The first-order valence-electron chi connectivity index (χ1n) is 5.42. The van der Waals surface area contributed by atoms with E-state index < -0.39 is 23.5 Å². The number of imidazole rings is 1. The van der Waals surface area contributed by atoms with Crippen molar-refractivity contribution >= 4 is 0 Å². The highest BCUT2D eigenvalue weighted by Gasteiger charge is 2.36. The molecule has 108 valence electrons. The van der Waals surface area contributed by atoms with Crippen LogP contribution in [0.2, 0.25) is 0 Å². The van der Waals surface area contributed by atoms with E-state index in [0.29, 0.717) is 17.8 Å². The fourth-order valence-electron chi connectivity index (χ4n) is 1.72. The summed E-state index contributed by atoms with van der Waals surface area (Å²) in [6.45, 7) is 0. The number of hydrogen-bond donors (Lipinski definition) is 1. The van der Waals surface area contributed by atoms with Crippen LogP contribution in [0, 0.1) is 0 Å². The smallest absolute Gasteiger partial charge is 0.348 e. The lowest BCUT2D eigenvalue weighted by molar-refractivity contribution is -0.143. The zero-order chi connectivity index (χ0) is 15.0. The number of benzene rings is 1. The molecule has 0 aliphatic rings. The molecule has 0 atom stereocenters. The third kappa shape index (κ3) is 3.31. The Kier molecular flexibility index (Phi) is 3.49. The summed E-state index contributed by atoms with van der Waals surface area (Å²) in [6.07, 6.45) is -7.11. The van der Waals surface area contributed by atoms with Crippen LogP contribution in [0.25, 0.3) is 0 Å². The summed E-state index contributed by atoms with van der Waals surface area (Å²) in [4.78, 5) is 6.29. The predicted molar refractivity (Wildman–Crippen MR) is 57.8 cm³/mol. The van der Waals surface area contributed by atoms with Gasteiger partial charge in [0, 0.05) is 18.3 Å². The van der Waals surface area contributed by atoms with Crippen LogP contribution in [0.5, 0.6) is 0 Å². The van der Waals surface area contributed by atoms with Gasteiger partial charge in [-0.1, -0.05) is 0 Å². The Morgan fingerprint density at radius 2 is 1.45 bits per heavy atom. The van der Waals surface area contributed by atoms with Gasteiger partial charge in [0.05, 0.1) is 17.5 Å². The molecule has 1 heterocycles. The van der Waals surface area contributed by atoms with Crippen LogP contribution < -0.4 is 0 Å². The second kappa shape index (κ2) is 4.84. The molecule has 0 radical (unpaired) electrons. The summed E-state index contributed by atoms with van der Waals surface area (Å²) in [5, 5.41) is 0. The Morgan fingerprint density at radius 1 is 0.900 bits per heavy atom. The van der Waals surface area contributed by atoms with Gasteiger partial charge in [0.15, 0.2) is 0 Å². The molecule has 0 saturated heterocycles. The molecular formula is C12H8F6N2. The first kappa shape index (κ1) is 14.4. The maximum Gasteiger partial charge on any atom is 0.416 e. The van der Waals surface area contributed by atoms with Crippen molar-refractivity contribution in [1.82, 2.24) is 9.97 Å². The van der Waals surface area contributed by atoms with Crippen molar-refractivity contribution in [3.8, 4) is 0 Å². The fourth-order valence-corrected chi connectivity index (χ4v) is 1.72. The number of nitrogens with one attached hydrogen (secondary N) is 1. The van der Waals surface area contributed by atoms with Crippen molar-refractivity contribution in [2.75, 3.05) is 0 Å². The van der Waals surface area contributed by atoms with E-state index >= 15 is 0 Å². The largest absolute Gasteiger partial charge is 0.416 e. The van der Waals surface area contributed by atoms with Crippen LogP contribution in [0.3, 0.4) is 0 Å². The van der Waals surface area contributed by atoms with Gasteiger partial charge < -0.3 is 4.98 Å². The summed E-state index contributed by atoms with van der Waals surface area (Å²) >= 11 is 0. The average molecular weight is 294 g/mol. The minimum atomic E-state index is -4.83. The van der Waals surface area contributed by atoms with Crippen LogP contribution in [0.1, 0.15) is 22.4 Å². The van der Waals surface area contributed by atoms with Crippen LogP contribution in [0.15, 0.2) is 30.7 Å². The van der Waals surface area contributed by atoms with Gasteiger partial charge in [-0.3, -0.25) is 0 Å². The van der Waals surface area contributed by atoms with E-state index in [0.717, 1.165) is 0 Å². The third-order valence-electron chi connectivity index (χ3n) is 2.60. The number of H-pyrrole nitrogens is 1. The normalized spacial score (nSPS) is 12.7. The third-order valence-corrected chi connectivity index (χ3v) is 2.60. The van der Waals surface area contributed by atoms with Gasteiger partial charge in [0.1, 0.15) is 0 Å². The molecule has 1 N–H and O–H groups in total. The standard InChI is InChI=1S/C12H8F6N2/c13-11(14,15)8-1-7(3-10-5-19-6-20-10)2-9(4-8)12(16,17)18/h1-2,4-6H,3H2,(H,19,20). The van der Waals surface area contributed by atoms with E-state index in [9.17, 15) is 26.3 Å². The second-order valence-corrected chi connectivity index (χ2v) is 4.17. The molecule has 1 aromatic carbocycles. The van der Waals surface area contributed by atoms with E-state index in [1.807, 2.05) is 0 Å². The van der Waals surface area contributed by atoms with Crippen molar-refractivity contribution < 1.29 is 26.3 Å². The molecule has 2 aromatic rings. The minimum Gasteiger partial charge on any atom is -0.348 e. The van der Waals surface area contributed by atoms with Crippen molar-refractivity contribution in [3.63, 3.8) is 0 Å². The molecule has 0 bridgehead atoms. The molecule has 0 unspecified atom stereocenters. The first-order valence-corrected chi connectivity index (χ1v) is 5.42. The molecule has 0 aliphatic heterocycles. The zero-order valence-electron chi connectivity index (χ0n) is 9.81. The highest BCUT2D eigenvalue weighted by atomic mass is 19.4. The van der Waals surface area contributed by atoms with Crippen LogP contribution in [0.4, 0.5) is 26.3 Å². The molecule has 1 aromatic heterocycles. The lowest BCUT2D eigenvalue weighted by Gasteiger charge is -2.13. The lowest BCUT2D eigenvalue weighted by atomic mass is 10.0. The maximum absolute atomic E-state index is 12.6. The Bertz CT molecular complexity index is 551. The molecule has 20 heavy (non-hydrogen) atoms. The molecule has 0 amide bonds. The van der Waals surface area contributed by atoms with Crippen molar-refractivity contribution in [3.05, 3.63) is 53.1 Å². The van der Waals surface area contributed by atoms with Gasteiger partial charge in [-0.2, -0.15) is 26.3 Å². The average Bonchev–Trinajstić information content (AvgIpc) is 2.79. The predicted octanol–water partition coefficient (Wildman–Crippen LogP) is 4.04. The first-order chi connectivity index (χ1) is 9.16.